The van der Waals surface area contributed by atoms with E-state index in [4.69, 9.17) is 0 Å². The second-order valence-electron chi connectivity index (χ2n) is 7.74. The maximum absolute atomic E-state index is 14.3. The molecule has 3 heterocycles. The Labute approximate surface area is 179 Å². The third-order valence-corrected chi connectivity index (χ3v) is 5.72. The minimum absolute atomic E-state index is 0.0530. The summed E-state index contributed by atoms with van der Waals surface area (Å²) in [4.78, 5) is 33.5. The van der Waals surface area contributed by atoms with E-state index in [0.717, 1.165) is 52.8 Å². The minimum Gasteiger partial charge on any atom is -0.355 e. The van der Waals surface area contributed by atoms with E-state index in [0.29, 0.717) is 13.0 Å². The quantitative estimate of drug-likeness (QED) is 0.664. The number of benzene rings is 1. The number of hydrogen-bond donors (Lipinski definition) is 2. The molecule has 0 aliphatic carbocycles. The molecule has 0 saturated heterocycles. The molecular weight excluding hydrogens is 395 g/mol. The van der Waals surface area contributed by atoms with Gasteiger partial charge in [-0.1, -0.05) is 19.1 Å². The van der Waals surface area contributed by atoms with E-state index < -0.39 is 11.7 Å². The van der Waals surface area contributed by atoms with E-state index in [9.17, 15) is 14.0 Å². The third kappa shape index (κ3) is 4.41. The lowest BCUT2D eigenvalue weighted by Crippen LogP contribution is -2.28. The SMILES string of the molecule is CCc1cc2ncc(CN3CC=C(c4ccc(C(=O)NC)c(F)c4)CC3)cc2[nH]c1=O. The van der Waals surface area contributed by atoms with Crippen LogP contribution >= 0.6 is 0 Å². The second kappa shape index (κ2) is 8.81. The zero-order valence-corrected chi connectivity index (χ0v) is 17.7. The number of amides is 1. The van der Waals surface area contributed by atoms with E-state index in [-0.39, 0.29) is 11.1 Å². The number of pyridine rings is 2. The number of carbonyl (C=O) groups is 1. The Hall–Kier alpha value is -3.32. The summed E-state index contributed by atoms with van der Waals surface area (Å²) in [6.07, 6.45) is 5.42. The number of halogens is 1. The van der Waals surface area contributed by atoms with Crippen molar-refractivity contribution < 1.29 is 9.18 Å². The van der Waals surface area contributed by atoms with Crippen molar-refractivity contribution in [2.45, 2.75) is 26.3 Å². The summed E-state index contributed by atoms with van der Waals surface area (Å²) < 4.78 is 14.3. The van der Waals surface area contributed by atoms with Gasteiger partial charge in [0.2, 0.25) is 0 Å². The number of aryl methyl sites for hydroxylation is 1. The normalized spacial score (nSPS) is 14.5. The maximum atomic E-state index is 14.3. The highest BCUT2D eigenvalue weighted by atomic mass is 19.1. The molecule has 0 saturated carbocycles. The van der Waals surface area contributed by atoms with Gasteiger partial charge in [0.25, 0.3) is 11.5 Å². The molecule has 0 radical (unpaired) electrons. The fourth-order valence-corrected chi connectivity index (χ4v) is 3.92. The molecule has 7 heteroatoms. The lowest BCUT2D eigenvalue weighted by molar-refractivity contribution is 0.0959. The van der Waals surface area contributed by atoms with Gasteiger partial charge in [0, 0.05) is 38.4 Å². The van der Waals surface area contributed by atoms with Crippen molar-refractivity contribution in [2.75, 3.05) is 20.1 Å². The number of H-pyrrole nitrogens is 1. The van der Waals surface area contributed by atoms with Crippen LogP contribution in [0, 0.1) is 5.82 Å². The van der Waals surface area contributed by atoms with Crippen molar-refractivity contribution in [1.29, 1.82) is 0 Å². The first-order valence-electron chi connectivity index (χ1n) is 10.4. The summed E-state index contributed by atoms with van der Waals surface area (Å²) in [5.74, 6) is -0.938. The summed E-state index contributed by atoms with van der Waals surface area (Å²) >= 11 is 0. The van der Waals surface area contributed by atoms with Crippen LogP contribution in [0.25, 0.3) is 16.6 Å². The molecule has 1 amide bonds. The van der Waals surface area contributed by atoms with E-state index in [1.54, 1.807) is 6.07 Å². The van der Waals surface area contributed by atoms with Gasteiger partial charge in [0.05, 0.1) is 16.6 Å². The monoisotopic (exact) mass is 420 g/mol. The molecule has 0 atom stereocenters. The first-order valence-corrected chi connectivity index (χ1v) is 10.4. The molecule has 1 aromatic carbocycles. The lowest BCUT2D eigenvalue weighted by Gasteiger charge is -2.26. The van der Waals surface area contributed by atoms with E-state index in [2.05, 4.69) is 26.3 Å². The molecule has 1 aliphatic rings. The first kappa shape index (κ1) is 20.9. The summed E-state index contributed by atoms with van der Waals surface area (Å²) in [7, 11) is 1.49. The van der Waals surface area contributed by atoms with Crippen molar-refractivity contribution >= 4 is 22.5 Å². The highest BCUT2D eigenvalue weighted by Crippen LogP contribution is 2.25. The van der Waals surface area contributed by atoms with Gasteiger partial charge in [-0.15, -0.1) is 0 Å². The van der Waals surface area contributed by atoms with Crippen molar-refractivity contribution in [1.82, 2.24) is 20.2 Å². The van der Waals surface area contributed by atoms with Gasteiger partial charge in [0.15, 0.2) is 0 Å². The molecule has 0 unspecified atom stereocenters. The van der Waals surface area contributed by atoms with Crippen molar-refractivity contribution in [2.24, 2.45) is 0 Å². The Morgan fingerprint density at radius 3 is 2.81 bits per heavy atom. The van der Waals surface area contributed by atoms with Gasteiger partial charge < -0.3 is 10.3 Å². The molecular formula is C24H25FN4O2. The van der Waals surface area contributed by atoms with Crippen LogP contribution < -0.4 is 10.9 Å². The highest BCUT2D eigenvalue weighted by Gasteiger charge is 2.16. The maximum Gasteiger partial charge on any atom is 0.253 e. The summed E-state index contributed by atoms with van der Waals surface area (Å²) in [6.45, 7) is 4.23. The molecule has 160 valence electrons. The van der Waals surface area contributed by atoms with Gasteiger partial charge in [-0.25, -0.2) is 4.39 Å². The summed E-state index contributed by atoms with van der Waals surface area (Å²) in [5, 5.41) is 2.44. The fraction of sp³-hybridized carbons (Fsp3) is 0.292. The van der Waals surface area contributed by atoms with Crippen LogP contribution in [0.4, 0.5) is 4.39 Å². The molecule has 6 nitrogen and oxygen atoms in total. The smallest absolute Gasteiger partial charge is 0.253 e. The van der Waals surface area contributed by atoms with Gasteiger partial charge in [0.1, 0.15) is 5.82 Å². The molecule has 0 fully saturated rings. The lowest BCUT2D eigenvalue weighted by atomic mass is 9.97. The van der Waals surface area contributed by atoms with Crippen LogP contribution in [0.1, 0.15) is 40.4 Å². The zero-order chi connectivity index (χ0) is 22.0. The van der Waals surface area contributed by atoms with Crippen LogP contribution in [-0.2, 0) is 13.0 Å². The zero-order valence-electron chi connectivity index (χ0n) is 17.7. The standard InChI is InChI=1S/C24H25FN4O2/c1-3-16-12-21-22(28-23(16)30)10-15(13-27-21)14-29-8-6-17(7-9-29)18-4-5-19(20(25)11-18)24(31)26-2/h4-6,10-13H,3,7-9,14H2,1-2H3,(H,26,31)(H,28,30). The molecule has 2 N–H and O–H groups in total. The highest BCUT2D eigenvalue weighted by molar-refractivity contribution is 5.94. The summed E-state index contributed by atoms with van der Waals surface area (Å²) in [6, 6.07) is 8.59. The Kier molecular flexibility index (Phi) is 5.95. The number of fused-ring (bicyclic) bond motifs is 1. The molecule has 0 bridgehead atoms. The second-order valence-corrected chi connectivity index (χ2v) is 7.74. The molecule has 2 aromatic heterocycles. The van der Waals surface area contributed by atoms with Gasteiger partial charge in [-0.05, 0) is 53.8 Å². The average molecular weight is 420 g/mol. The molecule has 3 aromatic rings. The Balaban J connectivity index is 1.46. The van der Waals surface area contributed by atoms with Gasteiger partial charge in [-0.2, -0.15) is 0 Å². The number of nitrogens with zero attached hydrogens (tertiary/aromatic N) is 2. The number of nitrogens with one attached hydrogen (secondary N) is 2. The predicted molar refractivity (Wildman–Crippen MR) is 119 cm³/mol. The fourth-order valence-electron chi connectivity index (χ4n) is 3.92. The third-order valence-electron chi connectivity index (χ3n) is 5.72. The first-order chi connectivity index (χ1) is 15.0. The van der Waals surface area contributed by atoms with Crippen LogP contribution in [0.5, 0.6) is 0 Å². The number of aromatic amines is 1. The number of rotatable bonds is 5. The predicted octanol–water partition coefficient (Wildman–Crippen LogP) is 3.27. The molecule has 31 heavy (non-hydrogen) atoms. The van der Waals surface area contributed by atoms with Crippen LogP contribution in [0.3, 0.4) is 0 Å². The summed E-state index contributed by atoms with van der Waals surface area (Å²) in [5.41, 5.74) is 5.19. The van der Waals surface area contributed by atoms with Crippen molar-refractivity contribution in [3.63, 3.8) is 0 Å². The minimum atomic E-state index is -0.511. The van der Waals surface area contributed by atoms with Crippen molar-refractivity contribution in [3.05, 3.63) is 81.0 Å². The Morgan fingerprint density at radius 2 is 2.13 bits per heavy atom. The Bertz CT molecular complexity index is 1230. The number of aromatic nitrogens is 2. The van der Waals surface area contributed by atoms with Gasteiger partial charge >= 0.3 is 0 Å². The number of carbonyl (C=O) groups excluding carboxylic acids is 1. The van der Waals surface area contributed by atoms with Crippen LogP contribution in [0.2, 0.25) is 0 Å². The number of hydrogen-bond acceptors (Lipinski definition) is 4. The van der Waals surface area contributed by atoms with Crippen molar-refractivity contribution in [3.8, 4) is 0 Å². The topological polar surface area (TPSA) is 78.1 Å². The van der Waals surface area contributed by atoms with E-state index >= 15 is 0 Å². The van der Waals surface area contributed by atoms with Gasteiger partial charge in [-0.3, -0.25) is 19.5 Å². The van der Waals surface area contributed by atoms with E-state index in [1.165, 1.54) is 19.2 Å². The largest absolute Gasteiger partial charge is 0.355 e. The Morgan fingerprint density at radius 1 is 1.29 bits per heavy atom. The van der Waals surface area contributed by atoms with E-state index in [1.807, 2.05) is 25.3 Å². The van der Waals surface area contributed by atoms with Crippen LogP contribution in [0.15, 0.2) is 47.4 Å². The molecule has 0 spiro atoms. The molecule has 1 aliphatic heterocycles. The molecule has 4 rings (SSSR count). The average Bonchev–Trinajstić information content (AvgIpc) is 2.78. The van der Waals surface area contributed by atoms with Crippen LogP contribution in [-0.4, -0.2) is 40.9 Å².